The first-order valence-electron chi connectivity index (χ1n) is 5.88. The van der Waals surface area contributed by atoms with Crippen molar-refractivity contribution in [2.24, 2.45) is 0 Å². The van der Waals surface area contributed by atoms with E-state index >= 15 is 0 Å². The zero-order valence-electron chi connectivity index (χ0n) is 10.1. The summed E-state index contributed by atoms with van der Waals surface area (Å²) in [6.45, 7) is 2.17. The fourth-order valence-corrected chi connectivity index (χ4v) is 2.65. The minimum Gasteiger partial charge on any atom is -0.495 e. The highest BCUT2D eigenvalue weighted by molar-refractivity contribution is 6.35. The van der Waals surface area contributed by atoms with Gasteiger partial charge < -0.3 is 10.1 Å². The molecule has 1 aliphatic rings. The van der Waals surface area contributed by atoms with Gasteiger partial charge >= 0.3 is 0 Å². The van der Waals surface area contributed by atoms with Crippen molar-refractivity contribution >= 4 is 23.2 Å². The fraction of sp³-hybridized carbons (Fsp3) is 0.538. The van der Waals surface area contributed by atoms with Gasteiger partial charge in [-0.1, -0.05) is 23.2 Å². The van der Waals surface area contributed by atoms with E-state index in [1.54, 1.807) is 13.2 Å². The molecule has 1 atom stereocenters. The molecule has 17 heavy (non-hydrogen) atoms. The predicted molar refractivity (Wildman–Crippen MR) is 72.3 cm³/mol. The SMILES string of the molecule is COc1c(Cl)cc(Cl)cc1CC(C)NC1CC1. The van der Waals surface area contributed by atoms with Crippen LogP contribution in [0.5, 0.6) is 5.75 Å². The largest absolute Gasteiger partial charge is 0.495 e. The number of methoxy groups -OCH3 is 1. The van der Waals surface area contributed by atoms with Gasteiger partial charge in [-0.25, -0.2) is 0 Å². The van der Waals surface area contributed by atoms with Crippen molar-refractivity contribution in [2.75, 3.05) is 7.11 Å². The highest BCUT2D eigenvalue weighted by atomic mass is 35.5. The average Bonchev–Trinajstić information content (AvgIpc) is 3.00. The second-order valence-electron chi connectivity index (χ2n) is 4.63. The lowest BCUT2D eigenvalue weighted by molar-refractivity contribution is 0.406. The molecular formula is C13H17Cl2NO. The molecule has 4 heteroatoms. The van der Waals surface area contributed by atoms with Crippen LogP contribution < -0.4 is 10.1 Å². The summed E-state index contributed by atoms with van der Waals surface area (Å²) in [6.07, 6.45) is 3.45. The first-order chi connectivity index (χ1) is 8.10. The van der Waals surface area contributed by atoms with Gasteiger partial charge in [0.2, 0.25) is 0 Å². The Morgan fingerprint density at radius 2 is 2.12 bits per heavy atom. The van der Waals surface area contributed by atoms with Crippen LogP contribution in [0.15, 0.2) is 12.1 Å². The molecule has 0 aliphatic heterocycles. The third-order valence-electron chi connectivity index (χ3n) is 2.91. The monoisotopic (exact) mass is 273 g/mol. The number of benzene rings is 1. The summed E-state index contributed by atoms with van der Waals surface area (Å²) >= 11 is 12.1. The van der Waals surface area contributed by atoms with Gasteiger partial charge in [-0.3, -0.25) is 0 Å². The molecule has 0 heterocycles. The third kappa shape index (κ3) is 3.51. The van der Waals surface area contributed by atoms with Gasteiger partial charge in [0.1, 0.15) is 5.75 Å². The Hall–Kier alpha value is -0.440. The number of ether oxygens (including phenoxy) is 1. The molecule has 1 aromatic rings. The van der Waals surface area contributed by atoms with E-state index in [2.05, 4.69) is 12.2 Å². The topological polar surface area (TPSA) is 21.3 Å². The lowest BCUT2D eigenvalue weighted by Gasteiger charge is -2.16. The molecule has 0 radical (unpaired) electrons. The lowest BCUT2D eigenvalue weighted by atomic mass is 10.1. The molecule has 0 aromatic heterocycles. The van der Waals surface area contributed by atoms with E-state index in [4.69, 9.17) is 27.9 Å². The summed E-state index contributed by atoms with van der Waals surface area (Å²) < 4.78 is 5.33. The summed E-state index contributed by atoms with van der Waals surface area (Å²) in [6, 6.07) is 4.75. The van der Waals surface area contributed by atoms with Gasteiger partial charge in [-0.15, -0.1) is 0 Å². The van der Waals surface area contributed by atoms with Gasteiger partial charge in [0.25, 0.3) is 0 Å². The molecule has 1 aliphatic carbocycles. The molecule has 2 rings (SSSR count). The van der Waals surface area contributed by atoms with Crippen LogP contribution in [0.1, 0.15) is 25.3 Å². The van der Waals surface area contributed by atoms with Crippen LogP contribution in [0.25, 0.3) is 0 Å². The molecule has 1 N–H and O–H groups in total. The summed E-state index contributed by atoms with van der Waals surface area (Å²) in [5, 5.41) is 4.79. The van der Waals surface area contributed by atoms with Crippen LogP contribution in [0.3, 0.4) is 0 Å². The number of nitrogens with one attached hydrogen (secondary N) is 1. The minimum absolute atomic E-state index is 0.408. The van der Waals surface area contributed by atoms with E-state index in [0.29, 0.717) is 22.1 Å². The van der Waals surface area contributed by atoms with E-state index in [1.165, 1.54) is 12.8 Å². The maximum absolute atomic E-state index is 6.11. The Morgan fingerprint density at radius 3 is 2.71 bits per heavy atom. The van der Waals surface area contributed by atoms with Gasteiger partial charge in [0, 0.05) is 17.1 Å². The van der Waals surface area contributed by atoms with E-state index in [-0.39, 0.29) is 0 Å². The Morgan fingerprint density at radius 1 is 1.41 bits per heavy atom. The maximum atomic E-state index is 6.11. The Labute approximate surface area is 112 Å². The molecule has 1 saturated carbocycles. The molecule has 0 amide bonds. The normalized spacial score (nSPS) is 16.9. The molecule has 0 bridgehead atoms. The second kappa shape index (κ2) is 5.47. The van der Waals surface area contributed by atoms with Crippen molar-refractivity contribution in [2.45, 2.75) is 38.3 Å². The minimum atomic E-state index is 0.408. The lowest BCUT2D eigenvalue weighted by Crippen LogP contribution is -2.30. The fourth-order valence-electron chi connectivity index (χ4n) is 2.04. The van der Waals surface area contributed by atoms with Crippen molar-refractivity contribution < 1.29 is 4.74 Å². The molecule has 1 fully saturated rings. The average molecular weight is 274 g/mol. The van der Waals surface area contributed by atoms with Gasteiger partial charge in [0.05, 0.1) is 12.1 Å². The number of hydrogen-bond donors (Lipinski definition) is 1. The van der Waals surface area contributed by atoms with E-state index in [1.807, 2.05) is 6.07 Å². The van der Waals surface area contributed by atoms with Gasteiger partial charge in [0.15, 0.2) is 0 Å². The van der Waals surface area contributed by atoms with Crippen LogP contribution >= 0.6 is 23.2 Å². The van der Waals surface area contributed by atoms with Crippen molar-refractivity contribution in [1.29, 1.82) is 0 Å². The van der Waals surface area contributed by atoms with Crippen molar-refractivity contribution in [3.05, 3.63) is 27.7 Å². The zero-order chi connectivity index (χ0) is 12.4. The van der Waals surface area contributed by atoms with Crippen LogP contribution in [0.2, 0.25) is 10.0 Å². The molecule has 1 aromatic carbocycles. The highest BCUT2D eigenvalue weighted by Gasteiger charge is 2.23. The molecular weight excluding hydrogens is 257 g/mol. The Balaban J connectivity index is 2.12. The first kappa shape index (κ1) is 13.0. The highest BCUT2D eigenvalue weighted by Crippen LogP contribution is 2.33. The van der Waals surface area contributed by atoms with Crippen molar-refractivity contribution in [3.63, 3.8) is 0 Å². The third-order valence-corrected chi connectivity index (χ3v) is 3.41. The van der Waals surface area contributed by atoms with Gasteiger partial charge in [-0.2, -0.15) is 0 Å². The summed E-state index contributed by atoms with van der Waals surface area (Å²) in [7, 11) is 1.64. The van der Waals surface area contributed by atoms with Gasteiger partial charge in [-0.05, 0) is 43.9 Å². The van der Waals surface area contributed by atoms with Crippen LogP contribution in [-0.2, 0) is 6.42 Å². The number of halogens is 2. The van der Waals surface area contributed by atoms with E-state index in [9.17, 15) is 0 Å². The summed E-state index contributed by atoms with van der Waals surface area (Å²) in [5.74, 6) is 0.737. The number of hydrogen-bond acceptors (Lipinski definition) is 2. The zero-order valence-corrected chi connectivity index (χ0v) is 11.6. The molecule has 2 nitrogen and oxygen atoms in total. The summed E-state index contributed by atoms with van der Waals surface area (Å²) in [4.78, 5) is 0. The van der Waals surface area contributed by atoms with E-state index < -0.39 is 0 Å². The smallest absolute Gasteiger partial charge is 0.140 e. The van der Waals surface area contributed by atoms with Crippen LogP contribution in [0.4, 0.5) is 0 Å². The van der Waals surface area contributed by atoms with Crippen LogP contribution in [0, 0.1) is 0 Å². The molecule has 0 spiro atoms. The second-order valence-corrected chi connectivity index (χ2v) is 5.47. The van der Waals surface area contributed by atoms with Crippen molar-refractivity contribution in [1.82, 2.24) is 5.32 Å². The molecule has 1 unspecified atom stereocenters. The summed E-state index contributed by atoms with van der Waals surface area (Å²) in [5.41, 5.74) is 1.06. The standard InChI is InChI=1S/C13H17Cl2NO/c1-8(16-11-3-4-11)5-9-6-10(14)7-12(15)13(9)17-2/h6-8,11,16H,3-5H2,1-2H3. The number of rotatable bonds is 5. The first-order valence-corrected chi connectivity index (χ1v) is 6.63. The Bertz CT molecular complexity index is 405. The molecule has 0 saturated heterocycles. The maximum Gasteiger partial charge on any atom is 0.140 e. The predicted octanol–water partition coefficient (Wildman–Crippen LogP) is 3.69. The van der Waals surface area contributed by atoms with E-state index in [0.717, 1.165) is 17.7 Å². The van der Waals surface area contributed by atoms with Crippen molar-refractivity contribution in [3.8, 4) is 5.75 Å². The molecule has 94 valence electrons. The quantitative estimate of drug-likeness (QED) is 0.884. The Kier molecular flexibility index (Phi) is 4.18. The van der Waals surface area contributed by atoms with Crippen LogP contribution in [-0.4, -0.2) is 19.2 Å².